The Balaban J connectivity index is 1.89. The van der Waals surface area contributed by atoms with E-state index in [0.717, 1.165) is 11.1 Å². The summed E-state index contributed by atoms with van der Waals surface area (Å²) in [6.45, 7) is -0.0110. The molecule has 1 atom stereocenters. The SMILES string of the molecule is O=c1c[n+](CC(O)c2ccccc2)n(C(O)=[NH+]c2ccc(Cl)c(Cl)c2)o1. The summed E-state index contributed by atoms with van der Waals surface area (Å²) in [6, 6.07) is 13.1. The number of rotatable bonds is 4. The molecular weight excluding hydrogens is 381 g/mol. The fourth-order valence-corrected chi connectivity index (χ4v) is 2.63. The van der Waals surface area contributed by atoms with Crippen molar-refractivity contribution in [3.63, 3.8) is 0 Å². The minimum atomic E-state index is -0.901. The Morgan fingerprint density at radius 1 is 1.19 bits per heavy atom. The molecule has 3 N–H and O–H groups in total. The van der Waals surface area contributed by atoms with Crippen LogP contribution in [-0.4, -0.2) is 21.1 Å². The summed E-state index contributed by atoms with van der Waals surface area (Å²) in [5.74, 6) is 0. The van der Waals surface area contributed by atoms with Crippen LogP contribution < -0.4 is 15.3 Å². The van der Waals surface area contributed by atoms with Crippen molar-refractivity contribution in [3.8, 4) is 0 Å². The number of aliphatic hydroxyl groups excluding tert-OH is 2. The largest absolute Gasteiger partial charge is 0.554 e. The first-order valence-corrected chi connectivity index (χ1v) is 8.34. The first kappa shape index (κ1) is 18.2. The Kier molecular flexibility index (Phi) is 5.41. The molecule has 0 bridgehead atoms. The first-order chi connectivity index (χ1) is 12.4. The van der Waals surface area contributed by atoms with Gasteiger partial charge in [0.1, 0.15) is 11.8 Å². The van der Waals surface area contributed by atoms with Gasteiger partial charge in [-0.1, -0.05) is 53.5 Å². The molecular formula is C17H15Cl2N3O4+2. The van der Waals surface area contributed by atoms with Crippen LogP contribution in [0.25, 0.3) is 0 Å². The number of nitrogens with one attached hydrogen (secondary N) is 1. The molecule has 1 heterocycles. The maximum Gasteiger partial charge on any atom is 0.554 e. The summed E-state index contributed by atoms with van der Waals surface area (Å²) in [5.41, 5.74) is 0.410. The second-order valence-electron chi connectivity index (χ2n) is 5.44. The molecule has 3 aromatic rings. The van der Waals surface area contributed by atoms with Gasteiger partial charge in [0.25, 0.3) is 0 Å². The van der Waals surface area contributed by atoms with Gasteiger partial charge in [-0.2, -0.15) is 9.52 Å². The highest BCUT2D eigenvalue weighted by Gasteiger charge is 2.30. The maximum atomic E-state index is 11.6. The van der Waals surface area contributed by atoms with Gasteiger partial charge in [0.05, 0.1) is 10.0 Å². The zero-order valence-corrected chi connectivity index (χ0v) is 14.9. The fraction of sp³-hybridized carbons (Fsp3) is 0.118. The Hall–Kier alpha value is -2.61. The van der Waals surface area contributed by atoms with Crippen LogP contribution >= 0.6 is 23.2 Å². The van der Waals surface area contributed by atoms with Crippen molar-refractivity contribution in [2.24, 2.45) is 0 Å². The van der Waals surface area contributed by atoms with E-state index in [-0.39, 0.29) is 6.54 Å². The normalized spacial score (nSPS) is 13.0. The van der Waals surface area contributed by atoms with Crippen LogP contribution in [-0.2, 0) is 6.54 Å². The van der Waals surface area contributed by atoms with Crippen LogP contribution in [0.5, 0.6) is 0 Å². The minimum Gasteiger partial charge on any atom is -0.440 e. The maximum absolute atomic E-state index is 11.6. The van der Waals surface area contributed by atoms with Gasteiger partial charge in [-0.05, 0) is 17.7 Å². The van der Waals surface area contributed by atoms with Crippen molar-refractivity contribution in [2.45, 2.75) is 12.6 Å². The Morgan fingerprint density at radius 3 is 2.62 bits per heavy atom. The molecule has 0 radical (unpaired) electrons. The molecule has 2 aromatic carbocycles. The van der Waals surface area contributed by atoms with Gasteiger partial charge in [0.15, 0.2) is 0 Å². The Bertz CT molecular complexity index is 999. The molecule has 9 heteroatoms. The topological polar surface area (TPSA) is 93.5 Å². The van der Waals surface area contributed by atoms with Crippen molar-refractivity contribution < 1.29 is 24.4 Å². The zero-order chi connectivity index (χ0) is 18.7. The number of aliphatic hydroxyl groups is 2. The van der Waals surface area contributed by atoms with Crippen LogP contribution in [0.1, 0.15) is 11.7 Å². The van der Waals surface area contributed by atoms with E-state index in [1.807, 2.05) is 6.07 Å². The molecule has 7 nitrogen and oxygen atoms in total. The van der Waals surface area contributed by atoms with E-state index in [9.17, 15) is 15.0 Å². The van der Waals surface area contributed by atoms with Gasteiger partial charge in [-0.3, -0.25) is 0 Å². The van der Waals surface area contributed by atoms with E-state index in [1.54, 1.807) is 36.4 Å². The van der Waals surface area contributed by atoms with E-state index in [0.29, 0.717) is 21.3 Å². The summed E-state index contributed by atoms with van der Waals surface area (Å²) in [5, 5.41) is 21.3. The number of benzene rings is 2. The van der Waals surface area contributed by atoms with Gasteiger partial charge in [0, 0.05) is 10.7 Å². The molecule has 0 saturated heterocycles. The van der Waals surface area contributed by atoms with E-state index in [1.165, 1.54) is 10.7 Å². The molecule has 1 aromatic heterocycles. The number of nitrogens with zero attached hydrogens (tertiary/aromatic N) is 2. The van der Waals surface area contributed by atoms with Crippen molar-refractivity contribution in [1.29, 1.82) is 0 Å². The van der Waals surface area contributed by atoms with Gasteiger partial charge < -0.3 is 10.2 Å². The molecule has 0 saturated carbocycles. The van der Waals surface area contributed by atoms with E-state index >= 15 is 0 Å². The summed E-state index contributed by atoms with van der Waals surface area (Å²) < 4.78 is 6.19. The van der Waals surface area contributed by atoms with Crippen molar-refractivity contribution >= 4 is 34.9 Å². The molecule has 0 amide bonds. The average molecular weight is 396 g/mol. The summed E-state index contributed by atoms with van der Waals surface area (Å²) in [6.07, 6.45) is 0.223. The van der Waals surface area contributed by atoms with Crippen LogP contribution in [0.15, 0.2) is 64.0 Å². The highest BCUT2D eigenvalue weighted by atomic mass is 35.5. The molecule has 0 spiro atoms. The zero-order valence-electron chi connectivity index (χ0n) is 13.3. The first-order valence-electron chi connectivity index (χ1n) is 7.58. The molecule has 1 unspecified atom stereocenters. The van der Waals surface area contributed by atoms with E-state index in [4.69, 9.17) is 27.7 Å². The highest BCUT2D eigenvalue weighted by molar-refractivity contribution is 6.42. The monoisotopic (exact) mass is 395 g/mol. The smallest absolute Gasteiger partial charge is 0.440 e. The average Bonchev–Trinajstić information content (AvgIpc) is 2.99. The predicted octanol–water partition coefficient (Wildman–Crippen LogP) is 0.944. The number of hydrogen-bond acceptors (Lipinski definition) is 3. The third-order valence-corrected chi connectivity index (χ3v) is 4.30. The standard InChI is InChI=1S/C17H13Cl2N3O4/c18-13-7-6-12(8-14(13)19)20-17(25)22-21(10-16(24)26-22)9-15(23)11-4-2-1-3-5-11/h1-8,10,15,23H,9H2/p+2. The fourth-order valence-electron chi connectivity index (χ4n) is 2.34. The van der Waals surface area contributed by atoms with Gasteiger partial charge in [-0.25, -0.2) is 4.79 Å². The van der Waals surface area contributed by atoms with Crippen LogP contribution in [0.3, 0.4) is 0 Å². The lowest BCUT2D eigenvalue weighted by Gasteiger charge is -2.04. The number of hydrogen-bond donors (Lipinski definition) is 3. The Labute approximate surface area is 157 Å². The van der Waals surface area contributed by atoms with Gasteiger partial charge in [-0.15, -0.1) is 0 Å². The third-order valence-electron chi connectivity index (χ3n) is 3.57. The molecule has 26 heavy (non-hydrogen) atoms. The number of aromatic nitrogens is 2. The summed E-state index contributed by atoms with van der Waals surface area (Å²) in [4.78, 5) is 15.1. The molecule has 0 aliphatic carbocycles. The molecule has 0 fully saturated rings. The van der Waals surface area contributed by atoms with E-state index in [2.05, 4.69) is 4.99 Å². The minimum absolute atomic E-state index is 0.0110. The van der Waals surface area contributed by atoms with Crippen LogP contribution in [0.2, 0.25) is 10.0 Å². The van der Waals surface area contributed by atoms with Crippen molar-refractivity contribution in [3.05, 3.63) is 80.8 Å². The van der Waals surface area contributed by atoms with Gasteiger partial charge >= 0.3 is 17.8 Å². The predicted molar refractivity (Wildman–Crippen MR) is 94.7 cm³/mol. The molecule has 0 aliphatic heterocycles. The lowest BCUT2D eigenvalue weighted by atomic mass is 10.1. The second-order valence-corrected chi connectivity index (χ2v) is 6.25. The summed E-state index contributed by atoms with van der Waals surface area (Å²) >= 11 is 11.8. The molecule has 134 valence electrons. The van der Waals surface area contributed by atoms with Gasteiger partial charge in [0.2, 0.25) is 11.4 Å². The summed E-state index contributed by atoms with van der Waals surface area (Å²) in [7, 11) is 0. The second kappa shape index (κ2) is 7.74. The molecule has 3 rings (SSSR count). The van der Waals surface area contributed by atoms with Crippen LogP contribution in [0.4, 0.5) is 5.69 Å². The highest BCUT2D eigenvalue weighted by Crippen LogP contribution is 2.22. The number of halogens is 2. The van der Waals surface area contributed by atoms with Crippen molar-refractivity contribution in [2.75, 3.05) is 0 Å². The van der Waals surface area contributed by atoms with Crippen LogP contribution in [0, 0.1) is 0 Å². The van der Waals surface area contributed by atoms with E-state index < -0.39 is 17.8 Å². The third kappa shape index (κ3) is 4.13. The lowest BCUT2D eigenvalue weighted by molar-refractivity contribution is -0.787. The van der Waals surface area contributed by atoms with Crippen molar-refractivity contribution in [1.82, 2.24) is 4.85 Å². The molecule has 0 aliphatic rings. The Morgan fingerprint density at radius 2 is 1.92 bits per heavy atom. The lowest BCUT2D eigenvalue weighted by Crippen LogP contribution is -2.71. The quantitative estimate of drug-likeness (QED) is 0.348.